The fourth-order valence-electron chi connectivity index (χ4n) is 2.33. The van der Waals surface area contributed by atoms with Gasteiger partial charge in [-0.25, -0.2) is 0 Å². The molecule has 1 unspecified atom stereocenters. The van der Waals surface area contributed by atoms with Crippen LogP contribution in [0, 0.1) is 0 Å². The van der Waals surface area contributed by atoms with Crippen LogP contribution in [0.15, 0.2) is 36.4 Å². The van der Waals surface area contributed by atoms with Gasteiger partial charge >= 0.3 is 132 Å². The molecule has 0 amide bonds. The van der Waals surface area contributed by atoms with Crippen LogP contribution in [0.5, 0.6) is 5.75 Å². The Balaban J connectivity index is 2.21. The molecule has 0 fully saturated rings. The maximum absolute atomic E-state index is 13.1. The van der Waals surface area contributed by atoms with Crippen LogP contribution in [0.2, 0.25) is 0 Å². The topological polar surface area (TPSA) is 37.9 Å². The molecule has 3 rings (SSSR count). The Morgan fingerprint density at radius 1 is 1.14 bits per heavy atom. The average Bonchev–Trinajstić information content (AvgIpc) is 2.88. The number of hydrogen-bond donors (Lipinski definition) is 1. The third kappa shape index (κ3) is 2.59. The van der Waals surface area contributed by atoms with Crippen molar-refractivity contribution in [3.05, 3.63) is 42.0 Å². The average molecular weight is 368 g/mol. The van der Waals surface area contributed by atoms with E-state index < -0.39 is 11.7 Å². The van der Waals surface area contributed by atoms with Crippen molar-refractivity contribution in [2.75, 3.05) is 7.11 Å². The van der Waals surface area contributed by atoms with Crippen LogP contribution >= 0.6 is 0 Å². The fourth-order valence-corrected chi connectivity index (χ4v) is 2.88. The number of benzene rings is 2. The Bertz CT molecular complexity index is 842. The molecule has 0 spiro atoms. The van der Waals surface area contributed by atoms with Crippen molar-refractivity contribution in [3.8, 4) is 17.0 Å². The van der Waals surface area contributed by atoms with E-state index in [1.807, 2.05) is 18.2 Å². The Morgan fingerprint density at radius 2 is 1.91 bits per heavy atom. The Kier molecular flexibility index (Phi) is 3.65. The van der Waals surface area contributed by atoms with Gasteiger partial charge in [0.2, 0.25) is 0 Å². The summed E-state index contributed by atoms with van der Waals surface area (Å²) in [4.78, 5) is 0. The van der Waals surface area contributed by atoms with Crippen LogP contribution in [0.4, 0.5) is 13.2 Å². The third-order valence-corrected chi connectivity index (χ3v) is 4.12. The van der Waals surface area contributed by atoms with E-state index >= 15 is 0 Å². The van der Waals surface area contributed by atoms with E-state index in [4.69, 9.17) is 4.74 Å². The van der Waals surface area contributed by atoms with Gasteiger partial charge in [-0.1, -0.05) is 0 Å². The second-order valence-corrected chi connectivity index (χ2v) is 6.19. The second kappa shape index (κ2) is 5.36. The number of fused-ring (bicyclic) bond motifs is 1. The molecule has 7 heteroatoms. The molecule has 0 aliphatic carbocycles. The van der Waals surface area contributed by atoms with E-state index in [1.165, 1.54) is 30.0 Å². The summed E-state index contributed by atoms with van der Waals surface area (Å²) in [6, 6.07) is 9.71. The SMILES string of the molecule is COc1ccc(-c2n[nH]c3ccc([AsH2])cc23)cc1C(F)(F)F. The minimum atomic E-state index is -4.48. The molecule has 0 aliphatic heterocycles. The van der Waals surface area contributed by atoms with Crippen molar-refractivity contribution in [1.82, 2.24) is 10.2 Å². The normalized spacial score (nSPS) is 11.9. The quantitative estimate of drug-likeness (QED) is 0.706. The number of nitrogens with one attached hydrogen (secondary N) is 1. The van der Waals surface area contributed by atoms with Crippen molar-refractivity contribution >= 4 is 32.1 Å². The molecule has 0 radical (unpaired) electrons. The first kappa shape index (κ1) is 15.0. The molecule has 0 bridgehead atoms. The van der Waals surface area contributed by atoms with E-state index in [1.54, 1.807) is 6.07 Å². The predicted octanol–water partition coefficient (Wildman–Crippen LogP) is 2.52. The van der Waals surface area contributed by atoms with Gasteiger partial charge in [-0.15, -0.1) is 0 Å². The van der Waals surface area contributed by atoms with Crippen LogP contribution < -0.4 is 9.09 Å². The number of H-pyrrole nitrogens is 1. The molecule has 1 atom stereocenters. The maximum atomic E-state index is 13.1. The summed E-state index contributed by atoms with van der Waals surface area (Å²) in [6.45, 7) is 0. The molecule has 0 saturated carbocycles. The predicted molar refractivity (Wildman–Crippen MR) is 81.3 cm³/mol. The number of nitrogens with zero attached hydrogens (tertiary/aromatic N) is 1. The van der Waals surface area contributed by atoms with Crippen molar-refractivity contribution < 1.29 is 17.9 Å². The Morgan fingerprint density at radius 3 is 2.59 bits per heavy atom. The molecule has 2 aromatic carbocycles. The van der Waals surface area contributed by atoms with E-state index in [0.29, 0.717) is 11.3 Å². The number of methoxy groups -OCH3 is 1. The summed E-state index contributed by atoms with van der Waals surface area (Å²) in [7, 11) is 1.22. The first-order chi connectivity index (χ1) is 10.4. The minimum absolute atomic E-state index is 0.199. The Hall–Kier alpha value is -1.94. The molecular formula is C15H12AsF3N2O. The van der Waals surface area contributed by atoms with E-state index in [-0.39, 0.29) is 5.75 Å². The summed E-state index contributed by atoms with van der Waals surface area (Å²) in [6.07, 6.45) is -4.48. The first-order valence-electron chi connectivity index (χ1n) is 6.39. The molecule has 0 saturated heterocycles. The molecule has 3 nitrogen and oxygen atoms in total. The van der Waals surface area contributed by atoms with Crippen LogP contribution in [-0.4, -0.2) is 34.2 Å². The van der Waals surface area contributed by atoms with Gasteiger partial charge in [-0.2, -0.15) is 0 Å². The van der Waals surface area contributed by atoms with Gasteiger partial charge in [0.15, 0.2) is 0 Å². The van der Waals surface area contributed by atoms with Gasteiger partial charge in [0.05, 0.1) is 0 Å². The van der Waals surface area contributed by atoms with Crippen LogP contribution in [0.1, 0.15) is 5.56 Å². The summed E-state index contributed by atoms with van der Waals surface area (Å²) < 4.78 is 45.3. The number of rotatable bonds is 2. The van der Waals surface area contributed by atoms with Crippen LogP contribution in [0.25, 0.3) is 22.2 Å². The first-order valence-corrected chi connectivity index (χ1v) is 7.60. The Labute approximate surface area is 133 Å². The number of aromatic amines is 1. The van der Waals surface area contributed by atoms with Gasteiger partial charge in [-0.3, -0.25) is 0 Å². The number of alkyl halides is 3. The van der Waals surface area contributed by atoms with Gasteiger partial charge < -0.3 is 0 Å². The van der Waals surface area contributed by atoms with Crippen molar-refractivity contribution in [2.45, 2.75) is 6.18 Å². The molecular weight excluding hydrogens is 356 g/mol. The number of halogens is 3. The number of ether oxygens (including phenoxy) is 1. The van der Waals surface area contributed by atoms with Gasteiger partial charge in [0.1, 0.15) is 0 Å². The second-order valence-electron chi connectivity index (χ2n) is 4.79. The zero-order chi connectivity index (χ0) is 15.9. The van der Waals surface area contributed by atoms with Crippen molar-refractivity contribution in [3.63, 3.8) is 0 Å². The van der Waals surface area contributed by atoms with E-state index in [9.17, 15) is 13.2 Å². The zero-order valence-electron chi connectivity index (χ0n) is 11.5. The van der Waals surface area contributed by atoms with E-state index in [0.717, 1.165) is 21.3 Å². The summed E-state index contributed by atoms with van der Waals surface area (Å²) in [5, 5.41) is 7.81. The number of hydrogen-bond acceptors (Lipinski definition) is 2. The van der Waals surface area contributed by atoms with E-state index in [2.05, 4.69) is 10.2 Å². The fraction of sp³-hybridized carbons (Fsp3) is 0.133. The van der Waals surface area contributed by atoms with Crippen molar-refractivity contribution in [1.29, 1.82) is 0 Å². The molecule has 1 aromatic heterocycles. The molecule has 22 heavy (non-hydrogen) atoms. The molecule has 0 aliphatic rings. The van der Waals surface area contributed by atoms with Gasteiger partial charge in [0, 0.05) is 0 Å². The molecule has 114 valence electrons. The summed E-state index contributed by atoms with van der Waals surface area (Å²) >= 11 is 1.45. The summed E-state index contributed by atoms with van der Waals surface area (Å²) in [5.74, 6) is -0.199. The number of aromatic nitrogens is 2. The molecule has 3 aromatic rings. The van der Waals surface area contributed by atoms with Gasteiger partial charge in [0.25, 0.3) is 0 Å². The monoisotopic (exact) mass is 368 g/mol. The summed E-state index contributed by atoms with van der Waals surface area (Å²) in [5.41, 5.74) is 0.890. The zero-order valence-corrected chi connectivity index (χ0v) is 14.0. The standard InChI is InChI=1S/C15H12AsF3N2O/c1-22-13-5-2-8(6-11(13)15(17,18)19)14-10-7-9(16)3-4-12(10)20-21-14/h2-7H,16H2,1H3,(H,20,21). The third-order valence-electron chi connectivity index (χ3n) is 3.37. The van der Waals surface area contributed by atoms with Gasteiger partial charge in [-0.05, 0) is 0 Å². The van der Waals surface area contributed by atoms with Crippen LogP contribution in [-0.2, 0) is 6.18 Å². The molecule has 1 heterocycles. The van der Waals surface area contributed by atoms with Crippen molar-refractivity contribution in [2.24, 2.45) is 0 Å². The van der Waals surface area contributed by atoms with Crippen LogP contribution in [0.3, 0.4) is 0 Å². The molecule has 1 N–H and O–H groups in total.